The Hall–Kier alpha value is -0.830. The molecule has 0 amide bonds. The van der Waals surface area contributed by atoms with Crippen molar-refractivity contribution in [2.24, 2.45) is 0 Å². The molecule has 1 aliphatic carbocycles. The zero-order chi connectivity index (χ0) is 12.0. The molecule has 0 radical (unpaired) electrons. The van der Waals surface area contributed by atoms with E-state index in [1.54, 1.807) is 6.92 Å². The molecule has 0 saturated heterocycles. The molecule has 1 aliphatic rings. The lowest BCUT2D eigenvalue weighted by molar-refractivity contribution is -0.137. The molecular weight excluding hydrogens is 268 g/mol. The van der Waals surface area contributed by atoms with Gasteiger partial charge in [0.2, 0.25) is 0 Å². The van der Waals surface area contributed by atoms with Crippen molar-refractivity contribution in [1.29, 1.82) is 0 Å². The van der Waals surface area contributed by atoms with E-state index in [4.69, 9.17) is 4.74 Å². The first-order valence-electron chi connectivity index (χ1n) is 5.54. The summed E-state index contributed by atoms with van der Waals surface area (Å²) >= 11 is 3.55. The Labute approximate surface area is 105 Å². The standard InChI is InChI=1S/C13H17BrO2/c1-3-16-13(15)9-10(2)7-8-11-5-4-6-12(11)14/h7-9H,3-6H2,1-2H3/b8-7+,10-9+. The predicted molar refractivity (Wildman–Crippen MR) is 69.3 cm³/mol. The molecule has 1 rings (SSSR count). The number of esters is 1. The Bertz CT molecular complexity index is 351. The molecule has 0 aromatic rings. The van der Waals surface area contributed by atoms with Crippen LogP contribution in [-0.4, -0.2) is 12.6 Å². The van der Waals surface area contributed by atoms with Gasteiger partial charge in [0, 0.05) is 6.08 Å². The second-order valence-electron chi connectivity index (χ2n) is 3.76. The van der Waals surface area contributed by atoms with Gasteiger partial charge in [-0.3, -0.25) is 0 Å². The first-order valence-corrected chi connectivity index (χ1v) is 6.33. The molecule has 88 valence electrons. The van der Waals surface area contributed by atoms with Gasteiger partial charge < -0.3 is 4.74 Å². The number of ether oxygens (including phenoxy) is 1. The van der Waals surface area contributed by atoms with Crippen molar-refractivity contribution in [3.8, 4) is 0 Å². The van der Waals surface area contributed by atoms with E-state index in [1.165, 1.54) is 22.6 Å². The van der Waals surface area contributed by atoms with Crippen molar-refractivity contribution < 1.29 is 9.53 Å². The average molecular weight is 285 g/mol. The second-order valence-corrected chi connectivity index (χ2v) is 4.71. The summed E-state index contributed by atoms with van der Waals surface area (Å²) in [5, 5.41) is 0. The van der Waals surface area contributed by atoms with Crippen molar-refractivity contribution >= 4 is 21.9 Å². The number of rotatable bonds is 4. The van der Waals surface area contributed by atoms with E-state index in [9.17, 15) is 4.79 Å². The highest BCUT2D eigenvalue weighted by Crippen LogP contribution is 2.31. The lowest BCUT2D eigenvalue weighted by Crippen LogP contribution is -1.99. The van der Waals surface area contributed by atoms with Crippen LogP contribution in [0.4, 0.5) is 0 Å². The maximum absolute atomic E-state index is 11.2. The summed E-state index contributed by atoms with van der Waals surface area (Å²) in [4.78, 5) is 11.2. The molecule has 0 heterocycles. The van der Waals surface area contributed by atoms with Gasteiger partial charge in [-0.05, 0) is 48.7 Å². The maximum atomic E-state index is 11.2. The lowest BCUT2D eigenvalue weighted by atomic mass is 10.2. The second kappa shape index (κ2) is 6.69. The average Bonchev–Trinajstić information content (AvgIpc) is 2.61. The van der Waals surface area contributed by atoms with E-state index < -0.39 is 0 Å². The van der Waals surface area contributed by atoms with Crippen molar-refractivity contribution in [2.75, 3.05) is 6.61 Å². The number of hydrogen-bond acceptors (Lipinski definition) is 2. The van der Waals surface area contributed by atoms with Gasteiger partial charge in [0.15, 0.2) is 0 Å². The summed E-state index contributed by atoms with van der Waals surface area (Å²) in [5.74, 6) is -0.274. The molecule has 0 saturated carbocycles. The van der Waals surface area contributed by atoms with E-state index in [1.807, 2.05) is 13.0 Å². The normalized spacial score (nSPS) is 17.3. The Kier molecular flexibility index (Phi) is 5.53. The minimum absolute atomic E-state index is 0.274. The largest absolute Gasteiger partial charge is 0.463 e. The van der Waals surface area contributed by atoms with E-state index in [-0.39, 0.29) is 5.97 Å². The minimum Gasteiger partial charge on any atom is -0.463 e. The molecular formula is C13H17BrO2. The third-order valence-corrected chi connectivity index (χ3v) is 3.28. The molecule has 0 fully saturated rings. The highest BCUT2D eigenvalue weighted by molar-refractivity contribution is 9.11. The number of hydrogen-bond donors (Lipinski definition) is 0. The summed E-state index contributed by atoms with van der Waals surface area (Å²) in [5.41, 5.74) is 2.25. The van der Waals surface area contributed by atoms with Gasteiger partial charge >= 0.3 is 5.97 Å². The third kappa shape index (κ3) is 4.35. The zero-order valence-electron chi connectivity index (χ0n) is 9.75. The van der Waals surface area contributed by atoms with Crippen LogP contribution < -0.4 is 0 Å². The number of carbonyl (C=O) groups excluding carboxylic acids is 1. The number of allylic oxidation sites excluding steroid dienone is 5. The highest BCUT2D eigenvalue weighted by Gasteiger charge is 2.08. The highest BCUT2D eigenvalue weighted by atomic mass is 79.9. The lowest BCUT2D eigenvalue weighted by Gasteiger charge is -1.97. The molecule has 2 nitrogen and oxygen atoms in total. The van der Waals surface area contributed by atoms with Crippen molar-refractivity contribution in [1.82, 2.24) is 0 Å². The van der Waals surface area contributed by atoms with Crippen LogP contribution in [0.5, 0.6) is 0 Å². The fourth-order valence-corrected chi connectivity index (χ4v) is 2.16. The summed E-state index contributed by atoms with van der Waals surface area (Å²) in [6.07, 6.45) is 9.00. The van der Waals surface area contributed by atoms with Crippen LogP contribution in [0.1, 0.15) is 33.1 Å². The van der Waals surface area contributed by atoms with Crippen LogP contribution in [0, 0.1) is 0 Å². The van der Waals surface area contributed by atoms with E-state index in [0.29, 0.717) is 6.61 Å². The number of halogens is 1. The summed E-state index contributed by atoms with van der Waals surface area (Å²) < 4.78 is 6.12. The Morgan fingerprint density at radius 1 is 1.50 bits per heavy atom. The molecule has 0 N–H and O–H groups in total. The molecule has 0 unspecified atom stereocenters. The molecule has 0 bridgehead atoms. The third-order valence-electron chi connectivity index (χ3n) is 2.37. The van der Waals surface area contributed by atoms with E-state index >= 15 is 0 Å². The molecule has 0 spiro atoms. The van der Waals surface area contributed by atoms with Gasteiger partial charge in [-0.1, -0.05) is 28.1 Å². The fourth-order valence-electron chi connectivity index (χ4n) is 1.55. The van der Waals surface area contributed by atoms with Gasteiger partial charge in [-0.25, -0.2) is 4.79 Å². The quantitative estimate of drug-likeness (QED) is 0.445. The van der Waals surface area contributed by atoms with E-state index in [2.05, 4.69) is 22.0 Å². The van der Waals surface area contributed by atoms with Crippen molar-refractivity contribution in [3.63, 3.8) is 0 Å². The van der Waals surface area contributed by atoms with Gasteiger partial charge in [0.25, 0.3) is 0 Å². The first-order chi connectivity index (χ1) is 7.63. The fraction of sp³-hybridized carbons (Fsp3) is 0.462. The summed E-state index contributed by atoms with van der Waals surface area (Å²) in [6, 6.07) is 0. The van der Waals surface area contributed by atoms with Gasteiger partial charge in [-0.15, -0.1) is 0 Å². The molecule has 0 aromatic carbocycles. The monoisotopic (exact) mass is 284 g/mol. The Balaban J connectivity index is 2.56. The van der Waals surface area contributed by atoms with Crippen LogP contribution in [0.25, 0.3) is 0 Å². The summed E-state index contributed by atoms with van der Waals surface area (Å²) in [7, 11) is 0. The smallest absolute Gasteiger partial charge is 0.330 e. The van der Waals surface area contributed by atoms with Gasteiger partial charge in [-0.2, -0.15) is 0 Å². The molecule has 0 aromatic heterocycles. The Morgan fingerprint density at radius 2 is 2.25 bits per heavy atom. The van der Waals surface area contributed by atoms with Crippen LogP contribution >= 0.6 is 15.9 Å². The minimum atomic E-state index is -0.274. The predicted octanol–water partition coefficient (Wildman–Crippen LogP) is 3.88. The zero-order valence-corrected chi connectivity index (χ0v) is 11.3. The van der Waals surface area contributed by atoms with Crippen molar-refractivity contribution in [3.05, 3.63) is 33.9 Å². The summed E-state index contributed by atoms with van der Waals surface area (Å²) in [6.45, 7) is 4.12. The molecule has 0 atom stereocenters. The van der Waals surface area contributed by atoms with Gasteiger partial charge in [0.1, 0.15) is 0 Å². The topological polar surface area (TPSA) is 26.3 Å². The van der Waals surface area contributed by atoms with Crippen LogP contribution in [-0.2, 0) is 9.53 Å². The van der Waals surface area contributed by atoms with Crippen LogP contribution in [0.2, 0.25) is 0 Å². The first kappa shape index (κ1) is 13.2. The van der Waals surface area contributed by atoms with Gasteiger partial charge in [0.05, 0.1) is 6.61 Å². The molecule has 0 aliphatic heterocycles. The maximum Gasteiger partial charge on any atom is 0.330 e. The molecule has 3 heteroatoms. The van der Waals surface area contributed by atoms with Crippen LogP contribution in [0.15, 0.2) is 33.9 Å². The van der Waals surface area contributed by atoms with E-state index in [0.717, 1.165) is 18.4 Å². The van der Waals surface area contributed by atoms with Crippen molar-refractivity contribution in [2.45, 2.75) is 33.1 Å². The Morgan fingerprint density at radius 3 is 2.81 bits per heavy atom. The van der Waals surface area contributed by atoms with Crippen LogP contribution in [0.3, 0.4) is 0 Å². The molecule has 16 heavy (non-hydrogen) atoms. The SMILES string of the molecule is CCOC(=O)/C=C(C)/C=C/C1=C(Br)CCC1. The number of carbonyl (C=O) groups is 1.